The maximum atomic E-state index is 4.09. The minimum Gasteiger partial charge on any atom is -0.331 e. The summed E-state index contributed by atoms with van der Waals surface area (Å²) >= 11 is 0. The Labute approximate surface area is 63.9 Å². The van der Waals surface area contributed by atoms with Crippen molar-refractivity contribution in [1.29, 1.82) is 0 Å². The van der Waals surface area contributed by atoms with Crippen LogP contribution in [0.5, 0.6) is 0 Å². The van der Waals surface area contributed by atoms with Crippen LogP contribution >= 0.6 is 0 Å². The summed E-state index contributed by atoms with van der Waals surface area (Å²) in [5, 5.41) is 0. The van der Waals surface area contributed by atoms with Gasteiger partial charge in [-0.25, -0.2) is 15.0 Å². The Bertz CT molecular complexity index is 390. The molecule has 0 aliphatic rings. The zero-order valence-corrected chi connectivity index (χ0v) is 6.44. The van der Waals surface area contributed by atoms with Crippen molar-refractivity contribution in [2.24, 2.45) is 7.05 Å². The van der Waals surface area contributed by atoms with Crippen molar-refractivity contribution >= 4 is 11.2 Å². The summed E-state index contributed by atoms with van der Waals surface area (Å²) in [7, 11) is 1.94. The lowest BCUT2D eigenvalue weighted by Gasteiger charge is -1.95. The van der Waals surface area contributed by atoms with Crippen molar-refractivity contribution in [3.63, 3.8) is 0 Å². The van der Waals surface area contributed by atoms with Gasteiger partial charge in [-0.1, -0.05) is 0 Å². The summed E-state index contributed by atoms with van der Waals surface area (Å²) in [6.07, 6.45) is 3.27. The van der Waals surface area contributed by atoms with E-state index in [0.29, 0.717) is 0 Å². The molecule has 0 amide bonds. The van der Waals surface area contributed by atoms with Crippen LogP contribution in [0.1, 0.15) is 5.69 Å². The van der Waals surface area contributed by atoms with Gasteiger partial charge in [-0.15, -0.1) is 0 Å². The molecule has 0 fully saturated rings. The lowest BCUT2D eigenvalue weighted by atomic mass is 10.4. The molecule has 2 rings (SSSR count). The molecular formula is C7H8N4. The first-order chi connectivity index (χ1) is 5.29. The molecular weight excluding hydrogens is 140 g/mol. The lowest BCUT2D eigenvalue weighted by molar-refractivity contribution is 0.937. The largest absolute Gasteiger partial charge is 0.331 e. The van der Waals surface area contributed by atoms with Crippen LogP contribution in [-0.4, -0.2) is 19.5 Å². The van der Waals surface area contributed by atoms with Crippen LogP contribution in [0.15, 0.2) is 12.7 Å². The van der Waals surface area contributed by atoms with Gasteiger partial charge in [-0.05, 0) is 6.92 Å². The third-order valence-electron chi connectivity index (χ3n) is 1.69. The zero-order chi connectivity index (χ0) is 7.84. The topological polar surface area (TPSA) is 43.6 Å². The number of aryl methyl sites for hydroxylation is 2. The molecule has 0 radical (unpaired) electrons. The first-order valence-corrected chi connectivity index (χ1v) is 3.37. The fraction of sp³-hybridized carbons (Fsp3) is 0.286. The molecule has 56 valence electrons. The first-order valence-electron chi connectivity index (χ1n) is 3.37. The molecule has 2 aromatic heterocycles. The van der Waals surface area contributed by atoms with Gasteiger partial charge in [0.2, 0.25) is 0 Å². The van der Waals surface area contributed by atoms with Gasteiger partial charge < -0.3 is 4.57 Å². The Morgan fingerprint density at radius 3 is 2.82 bits per heavy atom. The Morgan fingerprint density at radius 2 is 2.09 bits per heavy atom. The van der Waals surface area contributed by atoms with Crippen LogP contribution < -0.4 is 0 Å². The third-order valence-corrected chi connectivity index (χ3v) is 1.69. The quantitative estimate of drug-likeness (QED) is 0.551. The molecule has 4 heteroatoms. The Balaban J connectivity index is 2.96. The predicted molar refractivity (Wildman–Crippen MR) is 41.0 cm³/mol. The molecule has 0 spiro atoms. The smallest absolute Gasteiger partial charge is 0.180 e. The van der Waals surface area contributed by atoms with Crippen LogP contribution in [-0.2, 0) is 7.05 Å². The number of rotatable bonds is 0. The van der Waals surface area contributed by atoms with Gasteiger partial charge in [0.05, 0.1) is 12.0 Å². The van der Waals surface area contributed by atoms with Crippen LogP contribution in [0.2, 0.25) is 0 Å². The van der Waals surface area contributed by atoms with Gasteiger partial charge in [-0.2, -0.15) is 0 Å². The van der Waals surface area contributed by atoms with E-state index in [2.05, 4.69) is 15.0 Å². The van der Waals surface area contributed by atoms with E-state index in [1.807, 2.05) is 18.5 Å². The number of aromatic nitrogens is 4. The summed E-state index contributed by atoms with van der Waals surface area (Å²) in [4.78, 5) is 12.2. The van der Waals surface area contributed by atoms with E-state index >= 15 is 0 Å². The number of nitrogens with zero attached hydrogens (tertiary/aromatic N) is 4. The van der Waals surface area contributed by atoms with E-state index in [0.717, 1.165) is 16.9 Å². The van der Waals surface area contributed by atoms with Gasteiger partial charge in [0.15, 0.2) is 5.65 Å². The molecule has 0 unspecified atom stereocenters. The average molecular weight is 148 g/mol. The van der Waals surface area contributed by atoms with Crippen molar-refractivity contribution < 1.29 is 0 Å². The molecule has 0 N–H and O–H groups in total. The highest BCUT2D eigenvalue weighted by molar-refractivity contribution is 5.72. The fourth-order valence-corrected chi connectivity index (χ4v) is 1.16. The molecule has 0 saturated heterocycles. The van der Waals surface area contributed by atoms with E-state index in [1.54, 1.807) is 6.33 Å². The van der Waals surface area contributed by atoms with Crippen molar-refractivity contribution in [1.82, 2.24) is 19.5 Å². The Morgan fingerprint density at radius 1 is 1.27 bits per heavy atom. The van der Waals surface area contributed by atoms with Crippen LogP contribution in [0.3, 0.4) is 0 Å². The SMILES string of the molecule is Cc1ncnc2ncn(C)c12. The van der Waals surface area contributed by atoms with Crippen LogP contribution in [0.4, 0.5) is 0 Å². The second-order valence-electron chi connectivity index (χ2n) is 2.49. The second-order valence-corrected chi connectivity index (χ2v) is 2.49. The molecule has 0 aliphatic heterocycles. The summed E-state index contributed by atoms with van der Waals surface area (Å²) in [5.41, 5.74) is 2.74. The van der Waals surface area contributed by atoms with E-state index in [-0.39, 0.29) is 0 Å². The summed E-state index contributed by atoms with van der Waals surface area (Å²) in [6, 6.07) is 0. The maximum absolute atomic E-state index is 4.09. The average Bonchev–Trinajstić information content (AvgIpc) is 2.34. The molecule has 0 bridgehead atoms. The summed E-state index contributed by atoms with van der Waals surface area (Å²) in [5.74, 6) is 0. The minimum absolute atomic E-state index is 0.764. The fourth-order valence-electron chi connectivity index (χ4n) is 1.16. The molecule has 0 atom stereocenters. The van der Waals surface area contributed by atoms with Gasteiger partial charge in [0, 0.05) is 7.05 Å². The zero-order valence-electron chi connectivity index (χ0n) is 6.44. The minimum atomic E-state index is 0.764. The molecule has 4 nitrogen and oxygen atoms in total. The van der Waals surface area contributed by atoms with Crippen LogP contribution in [0.25, 0.3) is 11.2 Å². The molecule has 0 saturated carbocycles. The number of hydrogen-bond acceptors (Lipinski definition) is 3. The predicted octanol–water partition coefficient (Wildman–Crippen LogP) is 0.672. The van der Waals surface area contributed by atoms with Gasteiger partial charge in [0.1, 0.15) is 11.8 Å². The van der Waals surface area contributed by atoms with E-state index < -0.39 is 0 Å². The van der Waals surface area contributed by atoms with Crippen molar-refractivity contribution in [2.75, 3.05) is 0 Å². The normalized spacial score (nSPS) is 10.7. The number of fused-ring (bicyclic) bond motifs is 1. The lowest BCUT2D eigenvalue weighted by Crippen LogP contribution is -1.91. The van der Waals surface area contributed by atoms with Crippen molar-refractivity contribution in [3.05, 3.63) is 18.3 Å². The molecule has 2 aromatic rings. The van der Waals surface area contributed by atoms with E-state index in [9.17, 15) is 0 Å². The molecule has 0 aliphatic carbocycles. The van der Waals surface area contributed by atoms with Gasteiger partial charge >= 0.3 is 0 Å². The number of hydrogen-bond donors (Lipinski definition) is 0. The van der Waals surface area contributed by atoms with E-state index in [4.69, 9.17) is 0 Å². The Kier molecular flexibility index (Phi) is 1.15. The van der Waals surface area contributed by atoms with Crippen molar-refractivity contribution in [2.45, 2.75) is 6.92 Å². The van der Waals surface area contributed by atoms with Gasteiger partial charge in [-0.3, -0.25) is 0 Å². The van der Waals surface area contributed by atoms with E-state index in [1.165, 1.54) is 6.33 Å². The highest BCUT2D eigenvalue weighted by Gasteiger charge is 2.02. The monoisotopic (exact) mass is 148 g/mol. The maximum Gasteiger partial charge on any atom is 0.180 e. The standard InChI is InChI=1S/C7H8N4/c1-5-6-7(9-3-8-5)10-4-11(6)2/h3-4H,1-2H3. The van der Waals surface area contributed by atoms with Crippen LogP contribution in [0, 0.1) is 6.92 Å². The second kappa shape index (κ2) is 2.02. The molecule has 0 aromatic carbocycles. The number of imidazole rings is 1. The summed E-state index contributed by atoms with van der Waals surface area (Å²) < 4.78 is 1.92. The Hall–Kier alpha value is -1.45. The molecule has 2 heterocycles. The van der Waals surface area contributed by atoms with Gasteiger partial charge in [0.25, 0.3) is 0 Å². The first kappa shape index (κ1) is 6.27. The molecule has 11 heavy (non-hydrogen) atoms. The highest BCUT2D eigenvalue weighted by Crippen LogP contribution is 2.09. The third kappa shape index (κ3) is 0.790. The highest BCUT2D eigenvalue weighted by atomic mass is 15.1. The van der Waals surface area contributed by atoms with Crippen molar-refractivity contribution in [3.8, 4) is 0 Å². The summed E-state index contributed by atoms with van der Waals surface area (Å²) in [6.45, 7) is 1.95.